The van der Waals surface area contributed by atoms with Crippen molar-refractivity contribution in [3.8, 4) is 22.5 Å². The zero-order valence-corrected chi connectivity index (χ0v) is 24.5. The predicted molar refractivity (Wildman–Crippen MR) is 176 cm³/mol. The molecule has 6 aromatic carbocycles. The maximum absolute atomic E-state index is 3.76. The highest BCUT2D eigenvalue weighted by atomic mass is 79.9. The van der Waals surface area contributed by atoms with E-state index in [1.807, 2.05) is 6.07 Å². The minimum absolute atomic E-state index is 1.07. The molecule has 0 aliphatic rings. The summed E-state index contributed by atoms with van der Waals surface area (Å²) in [5, 5.41) is 4.98. The summed E-state index contributed by atoms with van der Waals surface area (Å²) in [5.41, 5.74) is 9.48. The summed E-state index contributed by atoms with van der Waals surface area (Å²) in [4.78, 5) is 0. The smallest absolute Gasteiger partial charge is 0.0542 e. The Hall–Kier alpha value is -4.12. The molecule has 190 valence electrons. The lowest BCUT2D eigenvalue weighted by atomic mass is 10.0. The average Bonchev–Trinajstić information content (AvgIpc) is 3.50. The number of fused-ring (bicyclic) bond motifs is 6. The number of halogens is 2. The third-order valence-electron chi connectivity index (χ3n) is 7.85. The van der Waals surface area contributed by atoms with Crippen LogP contribution in [-0.2, 0) is 0 Å². The zero-order valence-electron chi connectivity index (χ0n) is 21.4. The highest BCUT2D eigenvalue weighted by Crippen LogP contribution is 2.40. The third kappa shape index (κ3) is 3.53. The fourth-order valence-electron chi connectivity index (χ4n) is 6.14. The molecule has 0 radical (unpaired) electrons. The van der Waals surface area contributed by atoms with Crippen LogP contribution in [0.3, 0.4) is 0 Å². The van der Waals surface area contributed by atoms with Gasteiger partial charge in [-0.05, 0) is 72.3 Å². The second-order valence-corrected chi connectivity index (χ2v) is 11.8. The van der Waals surface area contributed by atoms with Crippen molar-refractivity contribution in [2.45, 2.75) is 0 Å². The second kappa shape index (κ2) is 9.22. The molecule has 0 saturated heterocycles. The SMILES string of the molecule is Brc1cccc(Br)c1-c1ccc2c(c1)c1ccccc1n2-c1ccc2c(c1)c1ccccc1n2-c1ccccc1. The van der Waals surface area contributed by atoms with Crippen molar-refractivity contribution in [2.24, 2.45) is 0 Å². The normalized spacial score (nSPS) is 11.8. The number of para-hydroxylation sites is 3. The molecule has 0 amide bonds. The molecule has 0 atom stereocenters. The number of hydrogen-bond donors (Lipinski definition) is 0. The van der Waals surface area contributed by atoms with Crippen molar-refractivity contribution in [1.82, 2.24) is 9.13 Å². The lowest BCUT2D eigenvalue weighted by molar-refractivity contribution is 1.17. The Morgan fingerprint density at radius 2 is 0.900 bits per heavy atom. The maximum Gasteiger partial charge on any atom is 0.0542 e. The van der Waals surface area contributed by atoms with E-state index in [-0.39, 0.29) is 0 Å². The van der Waals surface area contributed by atoms with Crippen LogP contribution < -0.4 is 0 Å². The van der Waals surface area contributed by atoms with E-state index in [9.17, 15) is 0 Å². The Labute approximate surface area is 248 Å². The van der Waals surface area contributed by atoms with Crippen molar-refractivity contribution in [3.05, 3.63) is 142 Å². The minimum atomic E-state index is 1.07. The molecule has 2 aromatic heterocycles. The van der Waals surface area contributed by atoms with E-state index in [1.165, 1.54) is 54.9 Å². The van der Waals surface area contributed by atoms with E-state index in [1.54, 1.807) is 0 Å². The summed E-state index contributed by atoms with van der Waals surface area (Å²) in [6.45, 7) is 0. The molecule has 2 heterocycles. The van der Waals surface area contributed by atoms with Gasteiger partial charge in [0.25, 0.3) is 0 Å². The van der Waals surface area contributed by atoms with Gasteiger partial charge in [-0.1, -0.05) is 98.6 Å². The van der Waals surface area contributed by atoms with Crippen molar-refractivity contribution in [3.63, 3.8) is 0 Å². The highest BCUT2D eigenvalue weighted by Gasteiger charge is 2.17. The summed E-state index contributed by atoms with van der Waals surface area (Å²) in [5.74, 6) is 0. The quantitative estimate of drug-likeness (QED) is 0.182. The van der Waals surface area contributed by atoms with Gasteiger partial charge in [-0.2, -0.15) is 0 Å². The van der Waals surface area contributed by atoms with Gasteiger partial charge in [0.2, 0.25) is 0 Å². The van der Waals surface area contributed by atoms with Crippen LogP contribution in [0, 0.1) is 0 Å². The molecule has 0 aliphatic carbocycles. The van der Waals surface area contributed by atoms with E-state index < -0.39 is 0 Å². The van der Waals surface area contributed by atoms with Crippen molar-refractivity contribution in [1.29, 1.82) is 0 Å². The van der Waals surface area contributed by atoms with Gasteiger partial charge in [0.1, 0.15) is 0 Å². The molecule has 4 heteroatoms. The first-order chi connectivity index (χ1) is 19.7. The highest BCUT2D eigenvalue weighted by molar-refractivity contribution is 9.11. The molecule has 40 heavy (non-hydrogen) atoms. The molecule has 0 bridgehead atoms. The zero-order chi connectivity index (χ0) is 26.8. The second-order valence-electron chi connectivity index (χ2n) is 10.1. The van der Waals surface area contributed by atoms with E-state index in [4.69, 9.17) is 0 Å². The molecule has 0 unspecified atom stereocenters. The van der Waals surface area contributed by atoms with Crippen LogP contribution in [-0.4, -0.2) is 9.13 Å². The minimum Gasteiger partial charge on any atom is -0.309 e. The van der Waals surface area contributed by atoms with Gasteiger partial charge in [0.05, 0.1) is 22.1 Å². The van der Waals surface area contributed by atoms with Crippen LogP contribution in [0.15, 0.2) is 142 Å². The third-order valence-corrected chi connectivity index (χ3v) is 9.17. The Morgan fingerprint density at radius 3 is 1.57 bits per heavy atom. The number of benzene rings is 6. The van der Waals surface area contributed by atoms with Gasteiger partial charge in [-0.3, -0.25) is 0 Å². The lowest BCUT2D eigenvalue weighted by Gasteiger charge is -2.11. The summed E-state index contributed by atoms with van der Waals surface area (Å²) >= 11 is 7.53. The monoisotopic (exact) mass is 640 g/mol. The molecule has 2 nitrogen and oxygen atoms in total. The number of hydrogen-bond acceptors (Lipinski definition) is 0. The standard InChI is InChI=1S/C36H22Br2N2/c37-30-13-8-14-31(38)36(30)23-17-19-34-28(21-23)26-11-4-7-16-33(26)40(34)25-18-20-35-29(22-25)27-12-5-6-15-32(27)39(35)24-9-2-1-3-10-24/h1-22H. The van der Waals surface area contributed by atoms with Crippen LogP contribution in [0.5, 0.6) is 0 Å². The van der Waals surface area contributed by atoms with Gasteiger partial charge in [0.15, 0.2) is 0 Å². The van der Waals surface area contributed by atoms with E-state index in [2.05, 4.69) is 168 Å². The average molecular weight is 642 g/mol. The first kappa shape index (κ1) is 23.7. The molecule has 0 spiro atoms. The summed E-state index contributed by atoms with van der Waals surface area (Å²) in [6.07, 6.45) is 0. The number of nitrogens with zero attached hydrogens (tertiary/aromatic N) is 2. The first-order valence-electron chi connectivity index (χ1n) is 13.3. The van der Waals surface area contributed by atoms with Crippen LogP contribution in [0.25, 0.3) is 66.1 Å². The van der Waals surface area contributed by atoms with Crippen LogP contribution >= 0.6 is 31.9 Å². The number of rotatable bonds is 3. The Kier molecular flexibility index (Phi) is 5.48. The van der Waals surface area contributed by atoms with E-state index in [0.29, 0.717) is 0 Å². The molecule has 0 saturated carbocycles. The molecular weight excluding hydrogens is 620 g/mol. The van der Waals surface area contributed by atoms with Gasteiger partial charge in [-0.25, -0.2) is 0 Å². The van der Waals surface area contributed by atoms with E-state index >= 15 is 0 Å². The van der Waals surface area contributed by atoms with Gasteiger partial charge >= 0.3 is 0 Å². The summed E-state index contributed by atoms with van der Waals surface area (Å²) in [6, 6.07) is 47.9. The summed E-state index contributed by atoms with van der Waals surface area (Å²) < 4.78 is 6.91. The van der Waals surface area contributed by atoms with Crippen molar-refractivity contribution < 1.29 is 0 Å². The Bertz CT molecular complexity index is 2220. The number of aromatic nitrogens is 2. The van der Waals surface area contributed by atoms with Gasteiger partial charge in [-0.15, -0.1) is 0 Å². The molecule has 0 aliphatic heterocycles. The largest absolute Gasteiger partial charge is 0.309 e. The Balaban J connectivity index is 1.41. The van der Waals surface area contributed by atoms with Crippen molar-refractivity contribution in [2.75, 3.05) is 0 Å². The molecule has 8 aromatic rings. The topological polar surface area (TPSA) is 9.86 Å². The summed E-state index contributed by atoms with van der Waals surface area (Å²) in [7, 11) is 0. The van der Waals surface area contributed by atoms with Crippen LogP contribution in [0.1, 0.15) is 0 Å². The molecule has 0 fully saturated rings. The van der Waals surface area contributed by atoms with Gasteiger partial charge in [0, 0.05) is 47.4 Å². The lowest BCUT2D eigenvalue weighted by Crippen LogP contribution is -1.95. The first-order valence-corrected chi connectivity index (χ1v) is 14.8. The van der Waals surface area contributed by atoms with E-state index in [0.717, 1.165) is 20.2 Å². The molecule has 0 N–H and O–H groups in total. The van der Waals surface area contributed by atoms with Gasteiger partial charge < -0.3 is 9.13 Å². The van der Waals surface area contributed by atoms with Crippen LogP contribution in [0.2, 0.25) is 0 Å². The van der Waals surface area contributed by atoms with Crippen LogP contribution in [0.4, 0.5) is 0 Å². The fraction of sp³-hybridized carbons (Fsp3) is 0. The maximum atomic E-state index is 3.76. The fourth-order valence-corrected chi connectivity index (χ4v) is 7.59. The predicted octanol–water partition coefficient (Wildman–Crippen LogP) is 11.1. The molecular formula is C36H22Br2N2. The molecule has 8 rings (SSSR count). The Morgan fingerprint density at radius 1 is 0.375 bits per heavy atom. The van der Waals surface area contributed by atoms with Crippen molar-refractivity contribution >= 4 is 75.5 Å².